The standard InChI is InChI=1S/C22H31NO3/c1-17-4-2-3-5-20(17)21(24)23-11-8-22(9-12-23)10-13-25-15-19(22)16-26-14-18-6-7-18/h2-5,18-19H,6-16H2,1H3. The van der Waals surface area contributed by atoms with Crippen LogP contribution >= 0.6 is 0 Å². The average molecular weight is 357 g/mol. The first-order chi connectivity index (χ1) is 12.7. The van der Waals surface area contributed by atoms with Crippen LogP contribution in [0, 0.1) is 24.2 Å². The first kappa shape index (κ1) is 18.0. The summed E-state index contributed by atoms with van der Waals surface area (Å²) in [6.07, 6.45) is 5.93. The molecule has 4 rings (SSSR count). The molecule has 2 saturated heterocycles. The highest BCUT2D eigenvalue weighted by Crippen LogP contribution is 2.45. The average Bonchev–Trinajstić information content (AvgIpc) is 3.48. The Balaban J connectivity index is 1.37. The molecule has 1 aliphatic carbocycles. The summed E-state index contributed by atoms with van der Waals surface area (Å²) in [5, 5.41) is 0. The van der Waals surface area contributed by atoms with Gasteiger partial charge in [-0.25, -0.2) is 0 Å². The van der Waals surface area contributed by atoms with E-state index in [1.54, 1.807) is 0 Å². The second-order valence-corrected chi connectivity index (χ2v) is 8.47. The zero-order chi connectivity index (χ0) is 18.0. The number of benzene rings is 1. The van der Waals surface area contributed by atoms with Crippen LogP contribution in [0.1, 0.15) is 48.0 Å². The van der Waals surface area contributed by atoms with Gasteiger partial charge in [0.05, 0.1) is 13.2 Å². The highest BCUT2D eigenvalue weighted by molar-refractivity contribution is 5.95. The normalized spacial score (nSPS) is 25.4. The van der Waals surface area contributed by atoms with Crippen LogP contribution in [0.5, 0.6) is 0 Å². The molecule has 4 heteroatoms. The lowest BCUT2D eigenvalue weighted by molar-refractivity contribution is -0.0975. The maximum Gasteiger partial charge on any atom is 0.254 e. The number of rotatable bonds is 5. The molecule has 1 amide bonds. The van der Waals surface area contributed by atoms with E-state index in [1.807, 2.05) is 36.1 Å². The molecule has 0 aromatic heterocycles. The maximum atomic E-state index is 12.9. The van der Waals surface area contributed by atoms with E-state index in [-0.39, 0.29) is 5.91 Å². The number of ether oxygens (including phenoxy) is 2. The van der Waals surface area contributed by atoms with Crippen molar-refractivity contribution in [2.24, 2.45) is 17.3 Å². The highest BCUT2D eigenvalue weighted by atomic mass is 16.5. The summed E-state index contributed by atoms with van der Waals surface area (Å²) < 4.78 is 11.8. The Morgan fingerprint density at radius 1 is 1.19 bits per heavy atom. The number of hydrogen-bond acceptors (Lipinski definition) is 3. The van der Waals surface area contributed by atoms with Gasteiger partial charge in [0.25, 0.3) is 5.91 Å². The fourth-order valence-corrected chi connectivity index (χ4v) is 4.56. The van der Waals surface area contributed by atoms with Gasteiger partial charge in [-0.3, -0.25) is 4.79 Å². The molecule has 1 saturated carbocycles. The first-order valence-corrected chi connectivity index (χ1v) is 10.2. The lowest BCUT2D eigenvalue weighted by Gasteiger charge is -2.49. The van der Waals surface area contributed by atoms with Crippen molar-refractivity contribution in [3.8, 4) is 0 Å². The van der Waals surface area contributed by atoms with Crippen LogP contribution in [0.4, 0.5) is 0 Å². The monoisotopic (exact) mass is 357 g/mol. The molecule has 3 fully saturated rings. The number of aryl methyl sites for hydroxylation is 1. The van der Waals surface area contributed by atoms with Crippen molar-refractivity contribution in [3.63, 3.8) is 0 Å². The van der Waals surface area contributed by atoms with E-state index in [9.17, 15) is 4.79 Å². The van der Waals surface area contributed by atoms with Crippen molar-refractivity contribution < 1.29 is 14.3 Å². The van der Waals surface area contributed by atoms with E-state index in [0.717, 1.165) is 75.8 Å². The van der Waals surface area contributed by atoms with Crippen molar-refractivity contribution in [3.05, 3.63) is 35.4 Å². The molecule has 3 aliphatic rings. The predicted octanol–water partition coefficient (Wildman–Crippen LogP) is 3.68. The molecule has 0 N–H and O–H groups in total. The smallest absolute Gasteiger partial charge is 0.254 e. The van der Waals surface area contributed by atoms with Crippen LogP contribution in [0.25, 0.3) is 0 Å². The fourth-order valence-electron chi connectivity index (χ4n) is 4.56. The highest BCUT2D eigenvalue weighted by Gasteiger charge is 2.44. The van der Waals surface area contributed by atoms with Crippen molar-refractivity contribution in [2.45, 2.75) is 39.0 Å². The third kappa shape index (κ3) is 3.81. The molecule has 142 valence electrons. The van der Waals surface area contributed by atoms with Crippen LogP contribution in [-0.2, 0) is 9.47 Å². The van der Waals surface area contributed by atoms with Crippen molar-refractivity contribution in [1.29, 1.82) is 0 Å². The van der Waals surface area contributed by atoms with Gasteiger partial charge in [0.15, 0.2) is 0 Å². The third-order valence-corrected chi connectivity index (χ3v) is 6.72. The Bertz CT molecular complexity index is 632. The second kappa shape index (κ2) is 7.69. The summed E-state index contributed by atoms with van der Waals surface area (Å²) in [4.78, 5) is 15.0. The number of carbonyl (C=O) groups excluding carboxylic acids is 1. The van der Waals surface area contributed by atoms with Crippen LogP contribution in [0.15, 0.2) is 24.3 Å². The minimum Gasteiger partial charge on any atom is -0.381 e. The Kier molecular flexibility index (Phi) is 5.32. The lowest BCUT2D eigenvalue weighted by atomic mass is 9.66. The van der Waals surface area contributed by atoms with Crippen LogP contribution in [0.3, 0.4) is 0 Å². The molecule has 1 aromatic carbocycles. The molecule has 1 unspecified atom stereocenters. The van der Waals surface area contributed by atoms with Crippen LogP contribution in [0.2, 0.25) is 0 Å². The molecule has 26 heavy (non-hydrogen) atoms. The van der Waals surface area contributed by atoms with Gasteiger partial charge in [-0.05, 0) is 62.0 Å². The molecule has 0 bridgehead atoms. The summed E-state index contributed by atoms with van der Waals surface area (Å²) in [6, 6.07) is 7.92. The molecule has 4 nitrogen and oxygen atoms in total. The Morgan fingerprint density at radius 2 is 1.96 bits per heavy atom. The van der Waals surface area contributed by atoms with Crippen molar-refractivity contribution >= 4 is 5.91 Å². The van der Waals surface area contributed by atoms with Gasteiger partial charge in [-0.15, -0.1) is 0 Å². The van der Waals surface area contributed by atoms with Gasteiger partial charge in [-0.1, -0.05) is 18.2 Å². The van der Waals surface area contributed by atoms with E-state index >= 15 is 0 Å². The number of nitrogens with zero attached hydrogens (tertiary/aromatic N) is 1. The largest absolute Gasteiger partial charge is 0.381 e. The number of amides is 1. The minimum atomic E-state index is 0.187. The Morgan fingerprint density at radius 3 is 2.69 bits per heavy atom. The summed E-state index contributed by atoms with van der Waals surface area (Å²) in [6.45, 7) is 7.14. The molecule has 1 atom stereocenters. The summed E-state index contributed by atoms with van der Waals surface area (Å²) in [7, 11) is 0. The number of likely N-dealkylation sites (tertiary alicyclic amines) is 1. The minimum absolute atomic E-state index is 0.187. The Labute approximate surface area is 156 Å². The van der Waals surface area contributed by atoms with Gasteiger partial charge in [0.2, 0.25) is 0 Å². The quantitative estimate of drug-likeness (QED) is 0.807. The van der Waals surface area contributed by atoms with Gasteiger partial charge >= 0.3 is 0 Å². The lowest BCUT2D eigenvalue weighted by Crippen LogP contribution is -2.50. The SMILES string of the molecule is Cc1ccccc1C(=O)N1CCC2(CCOCC2COCC2CC2)CC1. The van der Waals surface area contributed by atoms with Crippen LogP contribution < -0.4 is 0 Å². The number of carbonyl (C=O) groups is 1. The predicted molar refractivity (Wildman–Crippen MR) is 101 cm³/mol. The van der Waals surface area contributed by atoms with Crippen molar-refractivity contribution in [1.82, 2.24) is 4.90 Å². The zero-order valence-electron chi connectivity index (χ0n) is 15.9. The van der Waals surface area contributed by atoms with Crippen LogP contribution in [-0.4, -0.2) is 50.3 Å². The zero-order valence-corrected chi connectivity index (χ0v) is 15.9. The molecular formula is C22H31NO3. The second-order valence-electron chi connectivity index (χ2n) is 8.47. The third-order valence-electron chi connectivity index (χ3n) is 6.72. The molecule has 1 spiro atoms. The fraction of sp³-hybridized carbons (Fsp3) is 0.682. The summed E-state index contributed by atoms with van der Waals surface area (Å²) in [5.41, 5.74) is 2.21. The maximum absolute atomic E-state index is 12.9. The van der Waals surface area contributed by atoms with E-state index in [2.05, 4.69) is 0 Å². The van der Waals surface area contributed by atoms with Gasteiger partial charge < -0.3 is 14.4 Å². The molecule has 0 radical (unpaired) electrons. The van der Waals surface area contributed by atoms with Gasteiger partial charge in [0.1, 0.15) is 0 Å². The topological polar surface area (TPSA) is 38.8 Å². The number of piperidine rings is 1. The van der Waals surface area contributed by atoms with E-state index in [0.29, 0.717) is 11.3 Å². The Hall–Kier alpha value is -1.39. The summed E-state index contributed by atoms with van der Waals surface area (Å²) in [5.74, 6) is 1.47. The molecule has 1 aromatic rings. The van der Waals surface area contributed by atoms with Gasteiger partial charge in [-0.2, -0.15) is 0 Å². The van der Waals surface area contributed by atoms with E-state index in [4.69, 9.17) is 9.47 Å². The van der Waals surface area contributed by atoms with Gasteiger partial charge in [0, 0.05) is 37.8 Å². The first-order valence-electron chi connectivity index (χ1n) is 10.2. The summed E-state index contributed by atoms with van der Waals surface area (Å²) >= 11 is 0. The molecule has 2 heterocycles. The molecule has 2 aliphatic heterocycles. The van der Waals surface area contributed by atoms with Crippen molar-refractivity contribution in [2.75, 3.05) is 39.5 Å². The number of hydrogen-bond donors (Lipinski definition) is 0. The van der Waals surface area contributed by atoms with E-state index < -0.39 is 0 Å². The van der Waals surface area contributed by atoms with E-state index in [1.165, 1.54) is 12.8 Å². The molecular weight excluding hydrogens is 326 g/mol.